The number of hydrogen-bond acceptors (Lipinski definition) is 3. The molecule has 0 bridgehead atoms. The average molecular weight is 482 g/mol. The Morgan fingerprint density at radius 1 is 0.844 bits per heavy atom. The van der Waals surface area contributed by atoms with Crippen LogP contribution in [0.4, 0.5) is 26.3 Å². The third kappa shape index (κ3) is 7.23. The maximum Gasteiger partial charge on any atom is 0.416 e. The number of nitrogens with zero attached hydrogens (tertiary/aromatic N) is 2. The zero-order chi connectivity index (χ0) is 24.3. The summed E-state index contributed by atoms with van der Waals surface area (Å²) in [4.78, 5) is 13.8. The number of alkyl halides is 6. The number of benzene rings is 2. The Morgan fingerprint density at radius 2 is 1.25 bits per heavy atom. The standard InChI is InChI=1S/C20H20F6N2O3S/c1-27(32(2,30)31)13-18(29)28(11-14-5-3-7-16(9-14)19(21,22)23)12-15-6-4-8-17(10-15)20(24,25)26/h3-10H,11-13H2,1-2H3. The second-order valence-corrected chi connectivity index (χ2v) is 9.25. The van der Waals surface area contributed by atoms with Crippen LogP contribution in [-0.2, 0) is 40.3 Å². The maximum absolute atomic E-state index is 13.0. The van der Waals surface area contributed by atoms with Gasteiger partial charge in [-0.25, -0.2) is 8.42 Å². The summed E-state index contributed by atoms with van der Waals surface area (Å²) in [5.74, 6) is -0.784. The van der Waals surface area contributed by atoms with Gasteiger partial charge in [0.25, 0.3) is 0 Å². The lowest BCUT2D eigenvalue weighted by atomic mass is 10.1. The van der Waals surface area contributed by atoms with Crippen molar-refractivity contribution in [2.45, 2.75) is 25.4 Å². The van der Waals surface area contributed by atoms with Crippen LogP contribution < -0.4 is 0 Å². The zero-order valence-electron chi connectivity index (χ0n) is 17.0. The van der Waals surface area contributed by atoms with Crippen LogP contribution in [0.25, 0.3) is 0 Å². The Labute approximate surface area is 181 Å². The van der Waals surface area contributed by atoms with Crippen LogP contribution in [0.5, 0.6) is 0 Å². The van der Waals surface area contributed by atoms with Crippen LogP contribution in [0.2, 0.25) is 0 Å². The summed E-state index contributed by atoms with van der Waals surface area (Å²) in [7, 11) is -2.60. The van der Waals surface area contributed by atoms with E-state index in [4.69, 9.17) is 0 Å². The van der Waals surface area contributed by atoms with Gasteiger partial charge in [-0.05, 0) is 35.4 Å². The van der Waals surface area contributed by atoms with Gasteiger partial charge >= 0.3 is 12.4 Å². The molecule has 0 aliphatic rings. The molecule has 1 amide bonds. The van der Waals surface area contributed by atoms with E-state index in [0.29, 0.717) is 0 Å². The normalized spacial score (nSPS) is 12.8. The summed E-state index contributed by atoms with van der Waals surface area (Å²) in [6, 6.07) is 8.31. The monoisotopic (exact) mass is 482 g/mol. The fraction of sp³-hybridized carbons (Fsp3) is 0.350. The van der Waals surface area contributed by atoms with E-state index in [0.717, 1.165) is 58.9 Å². The third-order valence-electron chi connectivity index (χ3n) is 4.53. The fourth-order valence-electron chi connectivity index (χ4n) is 2.77. The predicted molar refractivity (Wildman–Crippen MR) is 105 cm³/mol. The SMILES string of the molecule is CN(CC(=O)N(Cc1cccc(C(F)(F)F)c1)Cc1cccc(C(F)(F)F)c1)S(C)(=O)=O. The Balaban J connectivity index is 2.36. The number of halogens is 6. The van der Waals surface area contributed by atoms with Gasteiger partial charge in [-0.1, -0.05) is 24.3 Å². The van der Waals surface area contributed by atoms with Gasteiger partial charge in [0.05, 0.1) is 23.9 Å². The molecular formula is C20H20F6N2O3S. The Morgan fingerprint density at radius 3 is 1.59 bits per heavy atom. The molecule has 12 heteroatoms. The molecule has 0 saturated carbocycles. The van der Waals surface area contributed by atoms with Gasteiger partial charge in [-0.15, -0.1) is 0 Å². The zero-order valence-corrected chi connectivity index (χ0v) is 17.9. The molecule has 2 aromatic carbocycles. The molecular weight excluding hydrogens is 462 g/mol. The van der Waals surface area contributed by atoms with Crippen molar-refractivity contribution in [1.82, 2.24) is 9.21 Å². The highest BCUT2D eigenvalue weighted by Gasteiger charge is 2.32. The number of likely N-dealkylation sites (N-methyl/N-ethyl adjacent to an activating group) is 1. The van der Waals surface area contributed by atoms with Crippen molar-refractivity contribution in [2.24, 2.45) is 0 Å². The summed E-state index contributed by atoms with van der Waals surface area (Å²) in [6.07, 6.45) is -8.38. The Kier molecular flexibility index (Phi) is 7.61. The predicted octanol–water partition coefficient (Wildman–Crippen LogP) is 4.14. The second-order valence-electron chi connectivity index (χ2n) is 7.17. The topological polar surface area (TPSA) is 57.7 Å². The van der Waals surface area contributed by atoms with E-state index in [9.17, 15) is 39.6 Å². The highest BCUT2D eigenvalue weighted by molar-refractivity contribution is 7.88. The first-order valence-corrected chi connectivity index (χ1v) is 10.9. The molecule has 0 atom stereocenters. The Hall–Kier alpha value is -2.60. The van der Waals surface area contributed by atoms with E-state index in [-0.39, 0.29) is 24.2 Å². The van der Waals surface area contributed by atoms with Gasteiger partial charge in [0, 0.05) is 20.1 Å². The molecule has 0 spiro atoms. The first-order chi connectivity index (χ1) is 14.6. The first kappa shape index (κ1) is 25.7. The lowest BCUT2D eigenvalue weighted by Crippen LogP contribution is -2.40. The summed E-state index contributed by atoms with van der Waals surface area (Å²) in [5, 5.41) is 0. The van der Waals surface area contributed by atoms with Crippen molar-refractivity contribution >= 4 is 15.9 Å². The van der Waals surface area contributed by atoms with E-state index in [1.807, 2.05) is 0 Å². The quantitative estimate of drug-likeness (QED) is 0.558. The summed E-state index contributed by atoms with van der Waals surface area (Å²) in [5.41, 5.74) is -1.73. The molecule has 0 unspecified atom stereocenters. The molecule has 0 aromatic heterocycles. The summed E-state index contributed by atoms with van der Waals surface area (Å²) < 4.78 is 102. The molecule has 0 saturated heterocycles. The van der Waals surface area contributed by atoms with Crippen LogP contribution >= 0.6 is 0 Å². The van der Waals surface area contributed by atoms with Crippen LogP contribution in [0.1, 0.15) is 22.3 Å². The number of sulfonamides is 1. The van der Waals surface area contributed by atoms with E-state index in [1.165, 1.54) is 12.1 Å². The van der Waals surface area contributed by atoms with Crippen LogP contribution in [-0.4, -0.2) is 43.4 Å². The molecule has 0 heterocycles. The van der Waals surface area contributed by atoms with E-state index in [1.54, 1.807) is 0 Å². The molecule has 176 valence electrons. The first-order valence-electron chi connectivity index (χ1n) is 9.09. The van der Waals surface area contributed by atoms with Gasteiger partial charge < -0.3 is 4.90 Å². The molecule has 32 heavy (non-hydrogen) atoms. The molecule has 2 rings (SSSR count). The van der Waals surface area contributed by atoms with Gasteiger partial charge in [0.15, 0.2) is 0 Å². The van der Waals surface area contributed by atoms with Crippen LogP contribution in [0, 0.1) is 0 Å². The van der Waals surface area contributed by atoms with Crippen molar-refractivity contribution < 1.29 is 39.6 Å². The molecule has 0 radical (unpaired) electrons. The van der Waals surface area contributed by atoms with Crippen molar-refractivity contribution in [3.63, 3.8) is 0 Å². The third-order valence-corrected chi connectivity index (χ3v) is 5.79. The summed E-state index contributed by atoms with van der Waals surface area (Å²) in [6.45, 7) is -1.36. The van der Waals surface area contributed by atoms with Crippen LogP contribution in [0.15, 0.2) is 48.5 Å². The fourth-order valence-corrected chi connectivity index (χ4v) is 3.12. The summed E-state index contributed by atoms with van der Waals surface area (Å²) >= 11 is 0. The van der Waals surface area contributed by atoms with Gasteiger partial charge in [-0.2, -0.15) is 30.6 Å². The van der Waals surface area contributed by atoms with Crippen molar-refractivity contribution in [1.29, 1.82) is 0 Å². The van der Waals surface area contributed by atoms with E-state index < -0.39 is 46.0 Å². The van der Waals surface area contributed by atoms with Gasteiger partial charge in [-0.3, -0.25) is 4.79 Å². The molecule has 0 fully saturated rings. The van der Waals surface area contributed by atoms with E-state index in [2.05, 4.69) is 0 Å². The lowest BCUT2D eigenvalue weighted by Gasteiger charge is -2.26. The Bertz CT molecular complexity index is 1010. The van der Waals surface area contributed by atoms with Crippen molar-refractivity contribution in [2.75, 3.05) is 19.8 Å². The van der Waals surface area contributed by atoms with Crippen LogP contribution in [0.3, 0.4) is 0 Å². The highest BCUT2D eigenvalue weighted by Crippen LogP contribution is 2.31. The smallest absolute Gasteiger partial charge is 0.333 e. The average Bonchev–Trinajstić information content (AvgIpc) is 2.66. The maximum atomic E-state index is 13.0. The molecule has 0 N–H and O–H groups in total. The lowest BCUT2D eigenvalue weighted by molar-refractivity contribution is -0.138. The molecule has 5 nitrogen and oxygen atoms in total. The molecule has 0 aliphatic carbocycles. The van der Waals surface area contributed by atoms with Gasteiger partial charge in [0.1, 0.15) is 0 Å². The minimum atomic E-state index is -4.62. The number of amides is 1. The van der Waals surface area contributed by atoms with Crippen molar-refractivity contribution in [3.8, 4) is 0 Å². The molecule has 0 aliphatic heterocycles. The second kappa shape index (κ2) is 9.49. The highest BCUT2D eigenvalue weighted by atomic mass is 32.2. The number of carbonyl (C=O) groups is 1. The minimum absolute atomic E-state index is 0.0853. The van der Waals surface area contributed by atoms with Gasteiger partial charge in [0.2, 0.25) is 15.9 Å². The minimum Gasteiger partial charge on any atom is -0.333 e. The largest absolute Gasteiger partial charge is 0.416 e. The van der Waals surface area contributed by atoms with E-state index >= 15 is 0 Å². The number of hydrogen-bond donors (Lipinski definition) is 0. The van der Waals surface area contributed by atoms with Crippen molar-refractivity contribution in [3.05, 3.63) is 70.8 Å². The number of carbonyl (C=O) groups excluding carboxylic acids is 1. The number of rotatable bonds is 7. The molecule has 2 aromatic rings.